The molecule has 1 aliphatic heterocycles. The number of piperidine rings is 1. The molecule has 0 aliphatic carbocycles. The molecule has 1 aromatic rings. The van der Waals surface area contributed by atoms with Crippen molar-refractivity contribution in [2.75, 3.05) is 43.6 Å². The molecular weight excluding hydrogens is 378 g/mol. The molecule has 6 nitrogen and oxygen atoms in total. The van der Waals surface area contributed by atoms with Crippen molar-refractivity contribution in [1.82, 2.24) is 5.32 Å². The molecule has 1 aliphatic rings. The van der Waals surface area contributed by atoms with Crippen molar-refractivity contribution in [1.29, 1.82) is 0 Å². The summed E-state index contributed by atoms with van der Waals surface area (Å²) in [6, 6.07) is 5.74. The van der Waals surface area contributed by atoms with Gasteiger partial charge >= 0.3 is 0 Å². The third kappa shape index (κ3) is 7.31. The number of hydrogen-bond donors (Lipinski definition) is 2. The van der Waals surface area contributed by atoms with E-state index in [1.165, 1.54) is 6.42 Å². The minimum Gasteiger partial charge on any atom is -0.385 e. The number of rotatable bonds is 12. The first kappa shape index (κ1) is 24.2. The molecule has 1 atom stereocenters. The van der Waals surface area contributed by atoms with Crippen LogP contribution in [0.3, 0.4) is 0 Å². The van der Waals surface area contributed by atoms with Gasteiger partial charge in [0.15, 0.2) is 0 Å². The minimum absolute atomic E-state index is 0.0121. The summed E-state index contributed by atoms with van der Waals surface area (Å²) in [4.78, 5) is 28.0. The number of carbonyl (C=O) groups is 2. The Labute approximate surface area is 181 Å². The Kier molecular flexibility index (Phi) is 10.7. The van der Waals surface area contributed by atoms with Crippen LogP contribution in [-0.4, -0.2) is 45.2 Å². The van der Waals surface area contributed by atoms with Gasteiger partial charge in [-0.25, -0.2) is 0 Å². The van der Waals surface area contributed by atoms with Crippen LogP contribution in [0.5, 0.6) is 0 Å². The standard InChI is InChI=1S/C24H39N3O3/c1-4-6-11-19(5-2)23(28)26-20-12-13-22(27-15-8-7-9-16-27)21(18-20)24(29)25-14-10-17-30-3/h12-13,18-19H,4-11,14-17H2,1-3H3,(H,25,29)(H,26,28). The van der Waals surface area contributed by atoms with Gasteiger partial charge in [-0.15, -0.1) is 0 Å². The summed E-state index contributed by atoms with van der Waals surface area (Å²) >= 11 is 0. The second kappa shape index (κ2) is 13.3. The van der Waals surface area contributed by atoms with Gasteiger partial charge in [0, 0.05) is 50.6 Å². The number of nitrogens with one attached hydrogen (secondary N) is 2. The molecule has 0 saturated carbocycles. The van der Waals surface area contributed by atoms with Gasteiger partial charge in [0.05, 0.1) is 5.56 Å². The van der Waals surface area contributed by atoms with Crippen molar-refractivity contribution < 1.29 is 14.3 Å². The predicted octanol–water partition coefficient (Wildman–Crippen LogP) is 4.60. The minimum atomic E-state index is -0.0965. The molecule has 2 rings (SSSR count). The van der Waals surface area contributed by atoms with Gasteiger partial charge in [-0.2, -0.15) is 0 Å². The third-order valence-electron chi connectivity index (χ3n) is 5.79. The van der Waals surface area contributed by atoms with E-state index >= 15 is 0 Å². The number of unbranched alkanes of at least 4 members (excludes halogenated alkanes) is 1. The Hall–Kier alpha value is -2.08. The van der Waals surface area contributed by atoms with E-state index in [4.69, 9.17) is 4.74 Å². The monoisotopic (exact) mass is 417 g/mol. The molecule has 30 heavy (non-hydrogen) atoms. The third-order valence-corrected chi connectivity index (χ3v) is 5.79. The van der Waals surface area contributed by atoms with Crippen molar-refractivity contribution in [3.05, 3.63) is 23.8 Å². The van der Waals surface area contributed by atoms with Crippen molar-refractivity contribution in [2.45, 2.75) is 65.2 Å². The Morgan fingerprint density at radius 1 is 1.13 bits per heavy atom. The molecule has 0 bridgehead atoms. The van der Waals surface area contributed by atoms with Crippen LogP contribution in [0.4, 0.5) is 11.4 Å². The molecule has 6 heteroatoms. The van der Waals surface area contributed by atoms with E-state index in [0.29, 0.717) is 24.4 Å². The topological polar surface area (TPSA) is 70.7 Å². The van der Waals surface area contributed by atoms with Gasteiger partial charge in [-0.1, -0.05) is 26.7 Å². The maximum atomic E-state index is 12.9. The van der Waals surface area contributed by atoms with Crippen LogP contribution >= 0.6 is 0 Å². The quantitative estimate of drug-likeness (QED) is 0.488. The van der Waals surface area contributed by atoms with Gasteiger partial charge in [0.1, 0.15) is 0 Å². The first-order valence-corrected chi connectivity index (χ1v) is 11.6. The molecule has 1 saturated heterocycles. The summed E-state index contributed by atoms with van der Waals surface area (Å²) in [6.45, 7) is 7.30. The van der Waals surface area contributed by atoms with Crippen LogP contribution in [0, 0.1) is 5.92 Å². The maximum Gasteiger partial charge on any atom is 0.253 e. The number of hydrogen-bond acceptors (Lipinski definition) is 4. The molecule has 1 unspecified atom stereocenters. The van der Waals surface area contributed by atoms with E-state index in [2.05, 4.69) is 29.4 Å². The van der Waals surface area contributed by atoms with Gasteiger partial charge < -0.3 is 20.3 Å². The lowest BCUT2D eigenvalue weighted by Gasteiger charge is -2.30. The molecule has 1 aromatic carbocycles. The van der Waals surface area contributed by atoms with E-state index in [1.807, 2.05) is 18.2 Å². The number of methoxy groups -OCH3 is 1. The Balaban J connectivity index is 2.17. The van der Waals surface area contributed by atoms with E-state index in [-0.39, 0.29) is 17.7 Å². The normalized spacial score (nSPS) is 15.0. The molecule has 0 aromatic heterocycles. The lowest BCUT2D eigenvalue weighted by molar-refractivity contribution is -0.120. The SMILES string of the molecule is CCCCC(CC)C(=O)Nc1ccc(N2CCCCC2)c(C(=O)NCCCOC)c1. The number of amides is 2. The summed E-state index contributed by atoms with van der Waals surface area (Å²) < 4.78 is 5.07. The second-order valence-electron chi connectivity index (χ2n) is 8.12. The highest BCUT2D eigenvalue weighted by Gasteiger charge is 2.21. The fraction of sp³-hybridized carbons (Fsp3) is 0.667. The molecule has 0 radical (unpaired) electrons. The summed E-state index contributed by atoms with van der Waals surface area (Å²) in [7, 11) is 1.66. The largest absolute Gasteiger partial charge is 0.385 e. The Morgan fingerprint density at radius 2 is 1.90 bits per heavy atom. The van der Waals surface area contributed by atoms with E-state index < -0.39 is 0 Å². The summed E-state index contributed by atoms with van der Waals surface area (Å²) in [6.07, 6.45) is 8.15. The second-order valence-corrected chi connectivity index (χ2v) is 8.12. The smallest absolute Gasteiger partial charge is 0.253 e. The van der Waals surface area contributed by atoms with Crippen molar-refractivity contribution in [3.8, 4) is 0 Å². The summed E-state index contributed by atoms with van der Waals surface area (Å²) in [5.74, 6) is -0.0398. The molecule has 168 valence electrons. The highest BCUT2D eigenvalue weighted by molar-refractivity contribution is 6.02. The van der Waals surface area contributed by atoms with Gasteiger partial charge in [-0.3, -0.25) is 9.59 Å². The van der Waals surface area contributed by atoms with Crippen LogP contribution in [0.25, 0.3) is 0 Å². The highest BCUT2D eigenvalue weighted by Crippen LogP contribution is 2.28. The summed E-state index contributed by atoms with van der Waals surface area (Å²) in [5.41, 5.74) is 2.28. The number of nitrogens with zero attached hydrogens (tertiary/aromatic N) is 1. The van der Waals surface area contributed by atoms with Crippen LogP contribution in [0.2, 0.25) is 0 Å². The maximum absolute atomic E-state index is 12.9. The number of ether oxygens (including phenoxy) is 1. The average Bonchev–Trinajstić information content (AvgIpc) is 2.77. The van der Waals surface area contributed by atoms with Crippen molar-refractivity contribution in [2.24, 2.45) is 5.92 Å². The number of anilines is 2. The van der Waals surface area contributed by atoms with Crippen LogP contribution < -0.4 is 15.5 Å². The first-order chi connectivity index (χ1) is 14.6. The first-order valence-electron chi connectivity index (χ1n) is 11.6. The zero-order valence-corrected chi connectivity index (χ0v) is 19.0. The average molecular weight is 418 g/mol. The van der Waals surface area contributed by atoms with Crippen molar-refractivity contribution in [3.63, 3.8) is 0 Å². The Bertz CT molecular complexity index is 672. The zero-order valence-electron chi connectivity index (χ0n) is 19.0. The fourth-order valence-corrected chi connectivity index (χ4v) is 3.94. The van der Waals surface area contributed by atoms with Crippen LogP contribution in [0.15, 0.2) is 18.2 Å². The number of carbonyl (C=O) groups excluding carboxylic acids is 2. The molecule has 1 heterocycles. The van der Waals surface area contributed by atoms with E-state index in [1.54, 1.807) is 7.11 Å². The lowest BCUT2D eigenvalue weighted by Crippen LogP contribution is -2.33. The van der Waals surface area contributed by atoms with Crippen LogP contribution in [-0.2, 0) is 9.53 Å². The highest BCUT2D eigenvalue weighted by atomic mass is 16.5. The van der Waals surface area contributed by atoms with Crippen LogP contribution in [0.1, 0.15) is 75.6 Å². The molecule has 0 spiro atoms. The predicted molar refractivity (Wildman–Crippen MR) is 123 cm³/mol. The van der Waals surface area contributed by atoms with Crippen molar-refractivity contribution >= 4 is 23.2 Å². The fourth-order valence-electron chi connectivity index (χ4n) is 3.94. The molecular formula is C24H39N3O3. The van der Waals surface area contributed by atoms with E-state index in [9.17, 15) is 9.59 Å². The molecule has 1 fully saturated rings. The van der Waals surface area contributed by atoms with Gasteiger partial charge in [0.25, 0.3) is 5.91 Å². The van der Waals surface area contributed by atoms with E-state index in [0.717, 1.165) is 63.7 Å². The zero-order chi connectivity index (χ0) is 21.8. The molecule has 2 amide bonds. The Morgan fingerprint density at radius 3 is 2.57 bits per heavy atom. The number of benzene rings is 1. The summed E-state index contributed by atoms with van der Waals surface area (Å²) in [5, 5.41) is 6.04. The van der Waals surface area contributed by atoms with Gasteiger partial charge in [0.2, 0.25) is 5.91 Å². The lowest BCUT2D eigenvalue weighted by atomic mass is 9.98. The molecule has 2 N–H and O–H groups in total. The van der Waals surface area contributed by atoms with Gasteiger partial charge in [-0.05, 0) is 56.7 Å².